The molecule has 0 bridgehead atoms. The van der Waals surface area contributed by atoms with Crippen molar-refractivity contribution < 1.29 is 9.59 Å². The van der Waals surface area contributed by atoms with E-state index in [1.54, 1.807) is 23.1 Å². The summed E-state index contributed by atoms with van der Waals surface area (Å²) in [5.41, 5.74) is 2.93. The molecular formula is C23H18ClNO2. The van der Waals surface area contributed by atoms with E-state index in [1.807, 2.05) is 66.7 Å². The van der Waals surface area contributed by atoms with Crippen molar-refractivity contribution in [3.63, 3.8) is 0 Å². The van der Waals surface area contributed by atoms with Crippen LogP contribution in [0.2, 0.25) is 0 Å². The SMILES string of the molecule is O=C1c2ccccc2N(Cc2ccccc2)C(=O)[C@]1(Cl)Cc1ccccc1. The van der Waals surface area contributed by atoms with Gasteiger partial charge in [0.2, 0.25) is 0 Å². The standard InChI is InChI=1S/C23H18ClNO2/c24-23(15-17-9-3-1-4-10-17)21(26)19-13-7-8-14-20(19)25(22(23)27)16-18-11-5-2-6-12-18/h1-14H,15-16H2/t23-/m0/s1. The highest BCUT2D eigenvalue weighted by atomic mass is 35.5. The van der Waals surface area contributed by atoms with Crippen molar-refractivity contribution in [3.05, 3.63) is 102 Å². The first-order valence-corrected chi connectivity index (χ1v) is 9.20. The maximum Gasteiger partial charge on any atom is 0.256 e. The zero-order valence-electron chi connectivity index (χ0n) is 14.6. The number of carbonyl (C=O) groups is 2. The van der Waals surface area contributed by atoms with Crippen molar-refractivity contribution in [1.82, 2.24) is 0 Å². The first kappa shape index (κ1) is 17.5. The predicted octanol–water partition coefficient (Wildman–Crippen LogP) is 4.64. The number of hydrogen-bond donors (Lipinski definition) is 0. The van der Waals surface area contributed by atoms with Crippen molar-refractivity contribution in [3.8, 4) is 0 Å². The molecule has 27 heavy (non-hydrogen) atoms. The molecule has 4 rings (SSSR count). The highest BCUT2D eigenvalue weighted by Crippen LogP contribution is 2.39. The van der Waals surface area contributed by atoms with E-state index in [-0.39, 0.29) is 18.1 Å². The molecule has 0 saturated carbocycles. The zero-order valence-corrected chi connectivity index (χ0v) is 15.4. The quantitative estimate of drug-likeness (QED) is 0.492. The molecule has 1 amide bonds. The molecule has 0 aromatic heterocycles. The molecule has 3 nitrogen and oxygen atoms in total. The molecular weight excluding hydrogens is 358 g/mol. The van der Waals surface area contributed by atoms with Crippen molar-refractivity contribution >= 4 is 29.0 Å². The Morgan fingerprint density at radius 1 is 0.741 bits per heavy atom. The van der Waals surface area contributed by atoms with Crippen LogP contribution in [0.25, 0.3) is 0 Å². The lowest BCUT2D eigenvalue weighted by atomic mass is 9.84. The van der Waals surface area contributed by atoms with E-state index in [4.69, 9.17) is 11.6 Å². The number of benzene rings is 3. The summed E-state index contributed by atoms with van der Waals surface area (Å²) >= 11 is 6.76. The number of hydrogen-bond acceptors (Lipinski definition) is 2. The molecule has 1 aliphatic rings. The fourth-order valence-corrected chi connectivity index (χ4v) is 3.85. The van der Waals surface area contributed by atoms with Gasteiger partial charge < -0.3 is 4.90 Å². The molecule has 0 fully saturated rings. The van der Waals surface area contributed by atoms with Gasteiger partial charge in [-0.2, -0.15) is 0 Å². The lowest BCUT2D eigenvalue weighted by Crippen LogP contribution is -2.55. The minimum atomic E-state index is -1.63. The third kappa shape index (κ3) is 3.15. The van der Waals surface area contributed by atoms with Crippen molar-refractivity contribution in [2.75, 3.05) is 4.90 Å². The Morgan fingerprint density at radius 2 is 1.30 bits per heavy atom. The van der Waals surface area contributed by atoms with Gasteiger partial charge in [-0.05, 0) is 23.3 Å². The minimum Gasteiger partial charge on any atom is -0.305 e. The molecule has 134 valence electrons. The third-order valence-corrected chi connectivity index (χ3v) is 5.32. The molecule has 1 heterocycles. The first-order valence-electron chi connectivity index (χ1n) is 8.82. The molecule has 1 aliphatic heterocycles. The fraction of sp³-hybridized carbons (Fsp3) is 0.130. The highest BCUT2D eigenvalue weighted by molar-refractivity contribution is 6.52. The maximum absolute atomic E-state index is 13.4. The van der Waals surface area contributed by atoms with Crippen LogP contribution >= 0.6 is 11.6 Å². The molecule has 3 aromatic rings. The number of Topliss-reactive ketones (excluding diaryl/α,β-unsaturated/α-hetero) is 1. The largest absolute Gasteiger partial charge is 0.305 e. The number of para-hydroxylation sites is 1. The Hall–Kier alpha value is -2.91. The summed E-state index contributed by atoms with van der Waals surface area (Å²) in [6, 6.07) is 26.3. The Balaban J connectivity index is 1.78. The van der Waals surface area contributed by atoms with E-state index in [9.17, 15) is 9.59 Å². The van der Waals surface area contributed by atoms with Crippen LogP contribution in [0.1, 0.15) is 21.5 Å². The summed E-state index contributed by atoms with van der Waals surface area (Å²) in [6.07, 6.45) is 0.159. The van der Waals surface area contributed by atoms with Crippen LogP contribution < -0.4 is 4.90 Å². The summed E-state index contributed by atoms with van der Waals surface area (Å²) in [4.78, 5) is 26.6. The van der Waals surface area contributed by atoms with Crippen LogP contribution in [0.5, 0.6) is 0 Å². The topological polar surface area (TPSA) is 37.4 Å². The Kier molecular flexibility index (Phi) is 4.54. The average molecular weight is 376 g/mol. The predicted molar refractivity (Wildman–Crippen MR) is 107 cm³/mol. The second kappa shape index (κ2) is 7.01. The maximum atomic E-state index is 13.4. The second-order valence-electron chi connectivity index (χ2n) is 6.69. The van der Waals surface area contributed by atoms with Gasteiger partial charge in [-0.1, -0.05) is 84.4 Å². The zero-order chi connectivity index (χ0) is 18.9. The number of fused-ring (bicyclic) bond motifs is 1. The van der Waals surface area contributed by atoms with Crippen LogP contribution in [-0.2, 0) is 17.8 Å². The molecule has 1 atom stereocenters. The van der Waals surface area contributed by atoms with E-state index >= 15 is 0 Å². The number of anilines is 1. The summed E-state index contributed by atoms with van der Waals surface area (Å²) in [7, 11) is 0. The average Bonchev–Trinajstić information content (AvgIpc) is 2.71. The number of ketones is 1. The second-order valence-corrected chi connectivity index (χ2v) is 7.33. The molecule has 0 radical (unpaired) electrons. The fourth-order valence-electron chi connectivity index (χ4n) is 3.49. The number of carbonyl (C=O) groups excluding carboxylic acids is 2. The minimum absolute atomic E-state index is 0.159. The lowest BCUT2D eigenvalue weighted by Gasteiger charge is -2.38. The normalized spacial score (nSPS) is 19.1. The van der Waals surface area contributed by atoms with Gasteiger partial charge in [-0.3, -0.25) is 9.59 Å². The van der Waals surface area contributed by atoms with E-state index < -0.39 is 4.87 Å². The number of amides is 1. The van der Waals surface area contributed by atoms with Gasteiger partial charge >= 0.3 is 0 Å². The third-order valence-electron chi connectivity index (χ3n) is 4.86. The van der Waals surface area contributed by atoms with Crippen LogP contribution in [0.4, 0.5) is 5.69 Å². The number of halogens is 1. The summed E-state index contributed by atoms with van der Waals surface area (Å²) in [6.45, 7) is 0.368. The van der Waals surface area contributed by atoms with Gasteiger partial charge in [0.15, 0.2) is 10.7 Å². The smallest absolute Gasteiger partial charge is 0.256 e. The van der Waals surface area contributed by atoms with Crippen LogP contribution in [0, 0.1) is 0 Å². The lowest BCUT2D eigenvalue weighted by molar-refractivity contribution is -0.120. The monoisotopic (exact) mass is 375 g/mol. The van der Waals surface area contributed by atoms with Gasteiger partial charge in [0.1, 0.15) is 0 Å². The van der Waals surface area contributed by atoms with E-state index in [0.29, 0.717) is 17.8 Å². The van der Waals surface area contributed by atoms with Gasteiger partial charge in [0, 0.05) is 12.0 Å². The van der Waals surface area contributed by atoms with E-state index in [1.165, 1.54) is 0 Å². The summed E-state index contributed by atoms with van der Waals surface area (Å²) in [5.74, 6) is -0.710. The van der Waals surface area contributed by atoms with Crippen LogP contribution in [0.15, 0.2) is 84.9 Å². The van der Waals surface area contributed by atoms with Gasteiger partial charge in [-0.15, -0.1) is 0 Å². The molecule has 4 heteroatoms. The number of rotatable bonds is 4. The molecule has 0 spiro atoms. The highest BCUT2D eigenvalue weighted by Gasteiger charge is 2.51. The first-order chi connectivity index (χ1) is 13.1. The Bertz CT molecular complexity index is 988. The number of nitrogens with zero attached hydrogens (tertiary/aromatic N) is 1. The molecule has 3 aromatic carbocycles. The van der Waals surface area contributed by atoms with Gasteiger partial charge in [-0.25, -0.2) is 0 Å². The summed E-state index contributed by atoms with van der Waals surface area (Å²) in [5, 5.41) is 0. The molecule has 0 N–H and O–H groups in total. The van der Waals surface area contributed by atoms with Crippen LogP contribution in [0.3, 0.4) is 0 Å². The van der Waals surface area contributed by atoms with E-state index in [2.05, 4.69) is 0 Å². The molecule has 0 aliphatic carbocycles. The van der Waals surface area contributed by atoms with Crippen molar-refractivity contribution in [2.45, 2.75) is 17.8 Å². The van der Waals surface area contributed by atoms with Crippen molar-refractivity contribution in [1.29, 1.82) is 0 Å². The number of alkyl halides is 1. The van der Waals surface area contributed by atoms with Crippen LogP contribution in [-0.4, -0.2) is 16.6 Å². The molecule has 0 saturated heterocycles. The molecule has 0 unspecified atom stereocenters. The Morgan fingerprint density at radius 3 is 1.96 bits per heavy atom. The van der Waals surface area contributed by atoms with Gasteiger partial charge in [0.25, 0.3) is 5.91 Å². The van der Waals surface area contributed by atoms with Crippen molar-refractivity contribution in [2.24, 2.45) is 0 Å². The summed E-state index contributed by atoms with van der Waals surface area (Å²) < 4.78 is 0. The van der Waals surface area contributed by atoms with Gasteiger partial charge in [0.05, 0.1) is 12.2 Å². The van der Waals surface area contributed by atoms with E-state index in [0.717, 1.165) is 11.1 Å². The Labute approximate surface area is 163 Å².